The Morgan fingerprint density at radius 1 is 1.14 bits per heavy atom. The highest BCUT2D eigenvalue weighted by Crippen LogP contribution is 2.27. The van der Waals surface area contributed by atoms with Crippen molar-refractivity contribution in [3.05, 3.63) is 35.0 Å². The largest absolute Gasteiger partial charge is 0.371 e. The molecule has 0 radical (unpaired) electrons. The molecule has 5 heteroatoms. The van der Waals surface area contributed by atoms with Gasteiger partial charge in [-0.05, 0) is 61.3 Å². The van der Waals surface area contributed by atoms with Gasteiger partial charge in [-0.2, -0.15) is 0 Å². The lowest BCUT2D eigenvalue weighted by Gasteiger charge is -2.20. The molecule has 0 unspecified atom stereocenters. The molecule has 2 heterocycles. The van der Waals surface area contributed by atoms with Crippen molar-refractivity contribution in [1.29, 1.82) is 0 Å². The van der Waals surface area contributed by atoms with Crippen LogP contribution in [-0.4, -0.2) is 48.0 Å². The molecule has 0 aliphatic carbocycles. The zero-order chi connectivity index (χ0) is 15.9. The molecule has 22 heavy (non-hydrogen) atoms. The van der Waals surface area contributed by atoms with Crippen LogP contribution in [0, 0.1) is 6.92 Å². The minimum Gasteiger partial charge on any atom is -0.371 e. The van der Waals surface area contributed by atoms with E-state index in [4.69, 9.17) is 12.2 Å². The van der Waals surface area contributed by atoms with Crippen molar-refractivity contribution in [3.8, 4) is 0 Å². The Hall–Kier alpha value is -1.88. The quantitative estimate of drug-likeness (QED) is 0.619. The van der Waals surface area contributed by atoms with Gasteiger partial charge in [0.1, 0.15) is 5.70 Å². The predicted octanol–water partition coefficient (Wildman–Crippen LogP) is 2.62. The summed E-state index contributed by atoms with van der Waals surface area (Å²) in [7, 11) is 3.55. The lowest BCUT2D eigenvalue weighted by molar-refractivity contribution is -0.121. The number of carbonyl (C=O) groups is 1. The minimum absolute atomic E-state index is 0.0474. The second-order valence-corrected chi connectivity index (χ2v) is 6.34. The molecule has 4 nitrogen and oxygen atoms in total. The van der Waals surface area contributed by atoms with Gasteiger partial charge in [0, 0.05) is 32.9 Å². The predicted molar refractivity (Wildman–Crippen MR) is 93.7 cm³/mol. The van der Waals surface area contributed by atoms with Crippen LogP contribution in [-0.2, 0) is 4.79 Å². The molecule has 2 aliphatic heterocycles. The molecule has 2 aliphatic rings. The first-order chi connectivity index (χ1) is 10.5. The molecule has 0 saturated carbocycles. The summed E-state index contributed by atoms with van der Waals surface area (Å²) in [6, 6.07) is 6.38. The fourth-order valence-electron chi connectivity index (χ4n) is 3.13. The number of nitrogens with zero attached hydrogens (tertiary/aromatic N) is 3. The number of likely N-dealkylation sites (N-methyl/N-ethyl adjacent to an activating group) is 2. The number of thiocarbonyl (C=S) groups is 1. The highest BCUT2D eigenvalue weighted by molar-refractivity contribution is 7.80. The first-order valence-electron chi connectivity index (χ1n) is 7.62. The smallest absolute Gasteiger partial charge is 0.276 e. The summed E-state index contributed by atoms with van der Waals surface area (Å²) in [4.78, 5) is 17.9. The molecule has 2 fully saturated rings. The van der Waals surface area contributed by atoms with E-state index in [0.717, 1.165) is 18.7 Å². The van der Waals surface area contributed by atoms with Crippen LogP contribution in [0.25, 0.3) is 6.08 Å². The SMILES string of the molecule is Cc1cc(/C=C2/C(=O)N(C)C(=S)N2C)ccc1N1CCCC1. The highest BCUT2D eigenvalue weighted by Gasteiger charge is 2.32. The van der Waals surface area contributed by atoms with E-state index in [0.29, 0.717) is 10.8 Å². The van der Waals surface area contributed by atoms with Crippen LogP contribution in [0.2, 0.25) is 0 Å². The van der Waals surface area contributed by atoms with Crippen LogP contribution in [0.5, 0.6) is 0 Å². The summed E-state index contributed by atoms with van der Waals surface area (Å²) in [5.41, 5.74) is 4.22. The Labute approximate surface area is 137 Å². The van der Waals surface area contributed by atoms with Gasteiger partial charge in [0.05, 0.1) is 0 Å². The molecule has 0 atom stereocenters. The molecule has 1 aromatic carbocycles. The summed E-state index contributed by atoms with van der Waals surface area (Å²) < 4.78 is 0. The summed E-state index contributed by atoms with van der Waals surface area (Å²) in [5, 5.41) is 0.543. The van der Waals surface area contributed by atoms with Crippen LogP contribution < -0.4 is 4.90 Å². The Morgan fingerprint density at radius 2 is 1.82 bits per heavy atom. The van der Waals surface area contributed by atoms with Crippen molar-refractivity contribution < 1.29 is 4.79 Å². The van der Waals surface area contributed by atoms with E-state index in [1.807, 2.05) is 13.1 Å². The van der Waals surface area contributed by atoms with Gasteiger partial charge < -0.3 is 9.80 Å². The molecule has 1 aromatic rings. The topological polar surface area (TPSA) is 26.8 Å². The fourth-order valence-corrected chi connectivity index (χ4v) is 3.31. The van der Waals surface area contributed by atoms with Crippen molar-refractivity contribution >= 4 is 35.0 Å². The molecule has 0 aromatic heterocycles. The number of benzene rings is 1. The molecule has 0 bridgehead atoms. The van der Waals surface area contributed by atoms with Gasteiger partial charge in [-0.1, -0.05) is 6.07 Å². The number of carbonyl (C=O) groups excluding carboxylic acids is 1. The summed E-state index contributed by atoms with van der Waals surface area (Å²) in [5.74, 6) is -0.0474. The maximum absolute atomic E-state index is 12.2. The zero-order valence-electron chi connectivity index (χ0n) is 13.3. The molecular weight excluding hydrogens is 294 g/mol. The van der Waals surface area contributed by atoms with E-state index < -0.39 is 0 Å². The van der Waals surface area contributed by atoms with Gasteiger partial charge in [0.2, 0.25) is 0 Å². The average Bonchev–Trinajstić information content (AvgIpc) is 3.08. The maximum Gasteiger partial charge on any atom is 0.276 e. The van der Waals surface area contributed by atoms with E-state index in [2.05, 4.69) is 30.0 Å². The molecule has 0 N–H and O–H groups in total. The Balaban J connectivity index is 1.90. The number of rotatable bonds is 2. The van der Waals surface area contributed by atoms with Gasteiger partial charge >= 0.3 is 0 Å². The number of hydrogen-bond acceptors (Lipinski definition) is 3. The lowest BCUT2D eigenvalue weighted by atomic mass is 10.1. The van der Waals surface area contributed by atoms with E-state index in [1.165, 1.54) is 29.0 Å². The van der Waals surface area contributed by atoms with Crippen molar-refractivity contribution in [2.45, 2.75) is 19.8 Å². The summed E-state index contributed by atoms with van der Waals surface area (Å²) >= 11 is 5.24. The first-order valence-corrected chi connectivity index (χ1v) is 8.03. The van der Waals surface area contributed by atoms with Gasteiger partial charge in [0.15, 0.2) is 5.11 Å². The summed E-state index contributed by atoms with van der Waals surface area (Å²) in [6.45, 7) is 4.41. The van der Waals surface area contributed by atoms with Crippen molar-refractivity contribution in [1.82, 2.24) is 9.80 Å². The second-order valence-electron chi connectivity index (χ2n) is 5.98. The van der Waals surface area contributed by atoms with E-state index in [9.17, 15) is 4.79 Å². The standard InChI is InChI=1S/C17H21N3OS/c1-12-10-13(6-7-14(12)20-8-4-5-9-20)11-15-16(21)19(3)17(22)18(15)2/h6-7,10-11H,4-5,8-9H2,1-3H3/b15-11-. The van der Waals surface area contributed by atoms with Crippen molar-refractivity contribution in [2.75, 3.05) is 32.1 Å². The number of aryl methyl sites for hydroxylation is 1. The van der Waals surface area contributed by atoms with Crippen LogP contribution in [0.3, 0.4) is 0 Å². The highest BCUT2D eigenvalue weighted by atomic mass is 32.1. The van der Waals surface area contributed by atoms with Crippen molar-refractivity contribution in [2.24, 2.45) is 0 Å². The number of amides is 1. The zero-order valence-corrected chi connectivity index (χ0v) is 14.1. The third-order valence-corrected chi connectivity index (χ3v) is 4.98. The van der Waals surface area contributed by atoms with E-state index in [-0.39, 0.29) is 5.91 Å². The van der Waals surface area contributed by atoms with Crippen LogP contribution >= 0.6 is 12.2 Å². The van der Waals surface area contributed by atoms with Crippen molar-refractivity contribution in [3.63, 3.8) is 0 Å². The van der Waals surface area contributed by atoms with Crippen LogP contribution in [0.1, 0.15) is 24.0 Å². The summed E-state index contributed by atoms with van der Waals surface area (Å²) in [6.07, 6.45) is 4.46. The second kappa shape index (κ2) is 5.72. The molecule has 116 valence electrons. The number of hydrogen-bond donors (Lipinski definition) is 0. The first kappa shape index (κ1) is 15.0. The Bertz CT molecular complexity index is 662. The number of anilines is 1. The molecular formula is C17H21N3OS. The van der Waals surface area contributed by atoms with Gasteiger partial charge in [-0.15, -0.1) is 0 Å². The van der Waals surface area contributed by atoms with Gasteiger partial charge in [-0.3, -0.25) is 9.69 Å². The van der Waals surface area contributed by atoms with Gasteiger partial charge in [-0.25, -0.2) is 0 Å². The fraction of sp³-hybridized carbons (Fsp3) is 0.412. The van der Waals surface area contributed by atoms with Crippen LogP contribution in [0.15, 0.2) is 23.9 Å². The van der Waals surface area contributed by atoms with E-state index >= 15 is 0 Å². The molecule has 2 saturated heterocycles. The lowest BCUT2D eigenvalue weighted by Crippen LogP contribution is -2.26. The molecule has 0 spiro atoms. The Morgan fingerprint density at radius 3 is 2.36 bits per heavy atom. The monoisotopic (exact) mass is 315 g/mol. The minimum atomic E-state index is -0.0474. The third kappa shape index (κ3) is 2.50. The van der Waals surface area contributed by atoms with Gasteiger partial charge in [0.25, 0.3) is 5.91 Å². The molecule has 3 rings (SSSR count). The van der Waals surface area contributed by atoms with Crippen LogP contribution in [0.4, 0.5) is 5.69 Å². The maximum atomic E-state index is 12.2. The average molecular weight is 315 g/mol. The Kier molecular flexibility index (Phi) is 3.91. The van der Waals surface area contributed by atoms with E-state index in [1.54, 1.807) is 11.9 Å². The third-order valence-electron chi connectivity index (χ3n) is 4.43. The molecule has 1 amide bonds. The normalized spacial score (nSPS) is 20.7.